The third kappa shape index (κ3) is 0.975. The quantitative estimate of drug-likeness (QED) is 0.739. The molecule has 5 rings (SSSR count). The van der Waals surface area contributed by atoms with E-state index < -0.39 is 5.97 Å². The van der Waals surface area contributed by atoms with Gasteiger partial charge in [0, 0.05) is 18.6 Å². The van der Waals surface area contributed by atoms with Crippen LogP contribution >= 0.6 is 0 Å². The Balaban J connectivity index is 1.53. The number of fused-ring (bicyclic) bond motifs is 2. The highest BCUT2D eigenvalue weighted by Gasteiger charge is 2.61. The second-order valence-electron chi connectivity index (χ2n) is 5.93. The Hall–Kier alpha value is -0.570. The Labute approximate surface area is 89.4 Å². The molecule has 2 heterocycles. The Morgan fingerprint density at radius 2 is 2.00 bits per heavy atom. The van der Waals surface area contributed by atoms with Crippen LogP contribution in [0.4, 0.5) is 0 Å². The van der Waals surface area contributed by atoms with Crippen molar-refractivity contribution < 1.29 is 9.90 Å². The molecule has 2 bridgehead atoms. The van der Waals surface area contributed by atoms with Crippen LogP contribution in [-0.2, 0) is 4.79 Å². The van der Waals surface area contributed by atoms with Crippen LogP contribution in [0.5, 0.6) is 0 Å². The Morgan fingerprint density at radius 1 is 1.13 bits per heavy atom. The van der Waals surface area contributed by atoms with E-state index in [9.17, 15) is 4.79 Å². The van der Waals surface area contributed by atoms with Crippen molar-refractivity contribution in [3.63, 3.8) is 0 Å². The first-order chi connectivity index (χ1) is 7.25. The van der Waals surface area contributed by atoms with Gasteiger partial charge < -0.3 is 5.11 Å². The van der Waals surface area contributed by atoms with Gasteiger partial charge in [-0.15, -0.1) is 0 Å². The van der Waals surface area contributed by atoms with Crippen molar-refractivity contribution in [2.45, 2.75) is 37.8 Å². The lowest BCUT2D eigenvalue weighted by Gasteiger charge is -2.36. The van der Waals surface area contributed by atoms with E-state index in [0.29, 0.717) is 12.0 Å². The molecule has 0 aromatic rings. The molecule has 0 spiro atoms. The first-order valence-corrected chi connectivity index (χ1v) is 6.24. The molecule has 5 fully saturated rings. The highest BCUT2D eigenvalue weighted by atomic mass is 16.4. The van der Waals surface area contributed by atoms with Crippen LogP contribution in [-0.4, -0.2) is 34.6 Å². The number of hydrogen-bond donors (Lipinski definition) is 1. The van der Waals surface area contributed by atoms with Gasteiger partial charge in [-0.2, -0.15) is 0 Å². The Kier molecular flexibility index (Phi) is 1.47. The minimum atomic E-state index is -0.552. The van der Waals surface area contributed by atoms with Crippen LogP contribution in [0.25, 0.3) is 0 Å². The number of aliphatic carboxylic acids is 1. The molecule has 2 saturated heterocycles. The lowest BCUT2D eigenvalue weighted by Crippen LogP contribution is -2.46. The summed E-state index contributed by atoms with van der Waals surface area (Å²) < 4.78 is 0. The summed E-state index contributed by atoms with van der Waals surface area (Å²) in [6, 6.07) is 1.16. The molecule has 3 heteroatoms. The van der Waals surface area contributed by atoms with Gasteiger partial charge in [0.05, 0.1) is 5.92 Å². The SMILES string of the molecule is O=C(O)C1C2CC1N(C1CCC3CC31)C2. The van der Waals surface area contributed by atoms with Crippen molar-refractivity contribution in [1.82, 2.24) is 4.90 Å². The third-order valence-electron chi connectivity index (χ3n) is 5.35. The van der Waals surface area contributed by atoms with Gasteiger partial charge in [0.25, 0.3) is 0 Å². The van der Waals surface area contributed by atoms with E-state index >= 15 is 0 Å². The van der Waals surface area contributed by atoms with Crippen molar-refractivity contribution in [1.29, 1.82) is 0 Å². The fraction of sp³-hybridized carbons (Fsp3) is 0.917. The van der Waals surface area contributed by atoms with Crippen LogP contribution in [0.3, 0.4) is 0 Å². The number of carboxylic acid groups (broad SMARTS) is 1. The highest BCUT2D eigenvalue weighted by Crippen LogP contribution is 2.58. The van der Waals surface area contributed by atoms with Crippen molar-refractivity contribution in [3.05, 3.63) is 0 Å². The first-order valence-electron chi connectivity index (χ1n) is 6.24. The lowest BCUT2D eigenvalue weighted by atomic mass is 9.74. The summed E-state index contributed by atoms with van der Waals surface area (Å²) in [4.78, 5) is 13.6. The summed E-state index contributed by atoms with van der Waals surface area (Å²) >= 11 is 0. The maximum atomic E-state index is 11.1. The van der Waals surface area contributed by atoms with E-state index in [-0.39, 0.29) is 5.92 Å². The van der Waals surface area contributed by atoms with E-state index in [4.69, 9.17) is 5.11 Å². The second-order valence-corrected chi connectivity index (χ2v) is 5.93. The molecule has 3 aliphatic carbocycles. The Bertz CT molecular complexity index is 330. The molecule has 0 radical (unpaired) electrons. The molecule has 0 aromatic carbocycles. The predicted molar refractivity (Wildman–Crippen MR) is 54.3 cm³/mol. The fourth-order valence-corrected chi connectivity index (χ4v) is 4.49. The molecule has 3 saturated carbocycles. The van der Waals surface area contributed by atoms with Gasteiger partial charge in [0.2, 0.25) is 0 Å². The molecule has 0 amide bonds. The molecule has 6 atom stereocenters. The average molecular weight is 207 g/mol. The highest BCUT2D eigenvalue weighted by molar-refractivity contribution is 5.73. The first kappa shape index (κ1) is 8.57. The molecular weight excluding hydrogens is 190 g/mol. The summed E-state index contributed by atoms with van der Waals surface area (Å²) in [6.07, 6.45) is 5.33. The molecule has 1 N–H and O–H groups in total. The summed E-state index contributed by atoms with van der Waals surface area (Å²) in [5, 5.41) is 9.12. The minimum absolute atomic E-state index is 0.0252. The second kappa shape index (κ2) is 2.57. The average Bonchev–Trinajstić information content (AvgIpc) is 2.60. The van der Waals surface area contributed by atoms with Gasteiger partial charge in [-0.3, -0.25) is 9.69 Å². The van der Waals surface area contributed by atoms with E-state index in [1.165, 1.54) is 19.3 Å². The van der Waals surface area contributed by atoms with E-state index in [1.54, 1.807) is 0 Å². The van der Waals surface area contributed by atoms with Gasteiger partial charge in [-0.1, -0.05) is 0 Å². The maximum absolute atomic E-state index is 11.1. The molecule has 6 unspecified atom stereocenters. The lowest BCUT2D eigenvalue weighted by molar-refractivity contribution is -0.147. The van der Waals surface area contributed by atoms with Crippen molar-refractivity contribution in [2.75, 3.05) is 6.54 Å². The van der Waals surface area contributed by atoms with Crippen LogP contribution in [0.15, 0.2) is 0 Å². The normalized spacial score (nSPS) is 56.3. The summed E-state index contributed by atoms with van der Waals surface area (Å²) in [5.41, 5.74) is 0. The number of hydrogen-bond acceptors (Lipinski definition) is 2. The van der Waals surface area contributed by atoms with Gasteiger partial charge >= 0.3 is 5.97 Å². The molecule has 82 valence electrons. The predicted octanol–water partition coefficient (Wildman–Crippen LogP) is 1.19. The summed E-state index contributed by atoms with van der Waals surface area (Å²) in [6.45, 7) is 1.08. The standard InChI is InChI=1S/C12H17NO2/c14-12(15)11-7-4-10(11)13(5-7)9-2-1-6-3-8(6)9/h6-11H,1-5H2,(H,14,15). The van der Waals surface area contributed by atoms with Crippen LogP contribution in [0.1, 0.15) is 25.7 Å². The monoisotopic (exact) mass is 207 g/mol. The number of rotatable bonds is 2. The van der Waals surface area contributed by atoms with E-state index in [2.05, 4.69) is 4.90 Å². The summed E-state index contributed by atoms with van der Waals surface area (Å²) in [7, 11) is 0. The van der Waals surface area contributed by atoms with E-state index in [1.807, 2.05) is 0 Å². The topological polar surface area (TPSA) is 40.5 Å². The Morgan fingerprint density at radius 3 is 2.53 bits per heavy atom. The third-order valence-corrected chi connectivity index (χ3v) is 5.35. The van der Waals surface area contributed by atoms with Gasteiger partial charge in [0.15, 0.2) is 0 Å². The van der Waals surface area contributed by atoms with Crippen LogP contribution in [0.2, 0.25) is 0 Å². The fourth-order valence-electron chi connectivity index (χ4n) is 4.49. The minimum Gasteiger partial charge on any atom is -0.481 e. The van der Waals surface area contributed by atoms with Crippen molar-refractivity contribution >= 4 is 5.97 Å². The maximum Gasteiger partial charge on any atom is 0.308 e. The number of carbonyl (C=O) groups is 1. The van der Waals surface area contributed by atoms with Crippen LogP contribution in [0, 0.1) is 23.7 Å². The largest absolute Gasteiger partial charge is 0.481 e. The zero-order chi connectivity index (χ0) is 10.2. The van der Waals surface area contributed by atoms with Gasteiger partial charge in [-0.25, -0.2) is 0 Å². The zero-order valence-corrected chi connectivity index (χ0v) is 8.80. The number of nitrogens with zero attached hydrogens (tertiary/aromatic N) is 1. The van der Waals surface area contributed by atoms with E-state index in [0.717, 1.165) is 30.8 Å². The molecule has 15 heavy (non-hydrogen) atoms. The van der Waals surface area contributed by atoms with Crippen LogP contribution < -0.4 is 0 Å². The van der Waals surface area contributed by atoms with Crippen molar-refractivity contribution in [2.24, 2.45) is 23.7 Å². The smallest absolute Gasteiger partial charge is 0.308 e. The zero-order valence-electron chi connectivity index (χ0n) is 8.80. The molecule has 3 nitrogen and oxygen atoms in total. The van der Waals surface area contributed by atoms with Gasteiger partial charge in [0.1, 0.15) is 0 Å². The van der Waals surface area contributed by atoms with Crippen molar-refractivity contribution in [3.8, 4) is 0 Å². The molecule has 2 aliphatic heterocycles. The number of carboxylic acids is 1. The molecule has 5 aliphatic rings. The molecular formula is C12H17NO2. The van der Waals surface area contributed by atoms with Gasteiger partial charge in [-0.05, 0) is 43.4 Å². The molecule has 0 aromatic heterocycles. The summed E-state index contributed by atoms with van der Waals surface area (Å²) in [5.74, 6) is 1.85.